The summed E-state index contributed by atoms with van der Waals surface area (Å²) in [6, 6.07) is 19.7. The first kappa shape index (κ1) is 27.6. The molecule has 8 nitrogen and oxygen atoms in total. The molecule has 0 unspecified atom stereocenters. The van der Waals surface area contributed by atoms with Crippen LogP contribution in [0.2, 0.25) is 0 Å². The predicted octanol–water partition coefficient (Wildman–Crippen LogP) is 4.93. The zero-order valence-corrected chi connectivity index (χ0v) is 22.0. The maximum absolute atomic E-state index is 13.4. The lowest BCUT2D eigenvalue weighted by atomic mass is 9.99. The van der Waals surface area contributed by atoms with E-state index in [9.17, 15) is 22.8 Å². The highest BCUT2D eigenvalue weighted by Crippen LogP contribution is 2.33. The Labute approximate surface area is 234 Å². The highest BCUT2D eigenvalue weighted by Gasteiger charge is 2.38. The van der Waals surface area contributed by atoms with Gasteiger partial charge in [-0.3, -0.25) is 9.59 Å². The molecule has 41 heavy (non-hydrogen) atoms. The van der Waals surface area contributed by atoms with Gasteiger partial charge in [-0.2, -0.15) is 23.5 Å². The molecule has 1 aliphatic heterocycles. The van der Waals surface area contributed by atoms with Gasteiger partial charge in [0.05, 0.1) is 11.9 Å². The van der Waals surface area contributed by atoms with Crippen LogP contribution < -0.4 is 10.6 Å². The maximum atomic E-state index is 13.4. The first-order valence-electron chi connectivity index (χ1n) is 12.8. The topological polar surface area (TPSA) is 103 Å². The van der Waals surface area contributed by atoms with Crippen LogP contribution >= 0.6 is 0 Å². The van der Waals surface area contributed by atoms with Gasteiger partial charge in [0.1, 0.15) is 11.6 Å². The molecule has 2 N–H and O–H groups in total. The van der Waals surface area contributed by atoms with Crippen molar-refractivity contribution in [2.24, 2.45) is 0 Å². The fraction of sp³-hybridized carbons (Fsp3) is 0.200. The van der Waals surface area contributed by atoms with Gasteiger partial charge in [-0.15, -0.1) is 0 Å². The maximum Gasteiger partial charge on any atom is 0.434 e. The minimum atomic E-state index is -4.78. The lowest BCUT2D eigenvalue weighted by molar-refractivity contribution is -0.143. The number of carbonyl (C=O) groups excluding carboxylic acids is 2. The molecule has 0 saturated carbocycles. The number of nitrogens with zero attached hydrogens (tertiary/aromatic N) is 4. The third kappa shape index (κ3) is 6.13. The first-order valence-corrected chi connectivity index (χ1v) is 12.8. The van der Waals surface area contributed by atoms with Gasteiger partial charge in [0.2, 0.25) is 0 Å². The standard InChI is InChI=1S/C30H25F3N6O2/c1-38-12-11-20-5-8-25(14-23(20)18-38)37-29(41)22-4-2-3-19(13-22)16-35-28(40)21-6-9-26(10-7-21)39-27(30(31,32)33)24(15-34)17-36-39/h2-10,13-14,17H,11-12,16,18H2,1H3,(H,35,40)(H,37,41). The number of benzene rings is 3. The summed E-state index contributed by atoms with van der Waals surface area (Å²) >= 11 is 0. The van der Waals surface area contributed by atoms with Crippen LogP contribution in [0.3, 0.4) is 0 Å². The van der Waals surface area contributed by atoms with E-state index in [1.165, 1.54) is 41.5 Å². The average molecular weight is 559 g/mol. The van der Waals surface area contributed by atoms with Crippen molar-refractivity contribution < 1.29 is 22.8 Å². The summed E-state index contributed by atoms with van der Waals surface area (Å²) in [6.07, 6.45) is -2.95. The molecule has 1 aliphatic rings. The summed E-state index contributed by atoms with van der Waals surface area (Å²) in [5.41, 5.74) is 2.84. The second kappa shape index (κ2) is 11.3. The number of halogens is 3. The Balaban J connectivity index is 1.22. The minimum absolute atomic E-state index is 0.0556. The average Bonchev–Trinajstić information content (AvgIpc) is 3.41. The Morgan fingerprint density at radius 2 is 1.78 bits per heavy atom. The van der Waals surface area contributed by atoms with Crippen molar-refractivity contribution in [3.63, 3.8) is 0 Å². The number of carbonyl (C=O) groups is 2. The van der Waals surface area contributed by atoms with Crippen LogP contribution in [-0.2, 0) is 25.7 Å². The Bertz CT molecular complexity index is 1650. The molecule has 2 amide bonds. The molecule has 4 aromatic rings. The smallest absolute Gasteiger partial charge is 0.348 e. The van der Waals surface area contributed by atoms with E-state index in [0.717, 1.165) is 25.7 Å². The van der Waals surface area contributed by atoms with E-state index in [0.29, 0.717) is 21.5 Å². The van der Waals surface area contributed by atoms with Gasteiger partial charge >= 0.3 is 6.18 Å². The largest absolute Gasteiger partial charge is 0.434 e. The zero-order chi connectivity index (χ0) is 29.1. The van der Waals surface area contributed by atoms with E-state index in [1.54, 1.807) is 24.3 Å². The van der Waals surface area contributed by atoms with Crippen LogP contribution in [0.4, 0.5) is 18.9 Å². The monoisotopic (exact) mass is 558 g/mol. The molecule has 0 atom stereocenters. The second-order valence-electron chi connectivity index (χ2n) is 9.78. The molecule has 0 radical (unpaired) electrons. The van der Waals surface area contributed by atoms with Gasteiger partial charge in [0.15, 0.2) is 5.69 Å². The summed E-state index contributed by atoms with van der Waals surface area (Å²) in [5, 5.41) is 18.4. The van der Waals surface area contributed by atoms with Gasteiger partial charge in [0.25, 0.3) is 11.8 Å². The number of alkyl halides is 3. The molecular weight excluding hydrogens is 533 g/mol. The fourth-order valence-corrected chi connectivity index (χ4v) is 4.74. The van der Waals surface area contributed by atoms with Crippen molar-refractivity contribution in [3.8, 4) is 11.8 Å². The van der Waals surface area contributed by atoms with Gasteiger partial charge < -0.3 is 15.5 Å². The van der Waals surface area contributed by atoms with E-state index >= 15 is 0 Å². The van der Waals surface area contributed by atoms with Crippen LogP contribution in [0.5, 0.6) is 0 Å². The highest BCUT2D eigenvalue weighted by atomic mass is 19.4. The van der Waals surface area contributed by atoms with Crippen LogP contribution in [-0.4, -0.2) is 40.1 Å². The molecule has 1 aromatic heterocycles. The van der Waals surface area contributed by atoms with Crippen LogP contribution in [0.1, 0.15) is 48.7 Å². The molecule has 0 spiro atoms. The Morgan fingerprint density at radius 1 is 1.00 bits per heavy atom. The van der Waals surface area contributed by atoms with Crippen LogP contribution in [0.25, 0.3) is 5.69 Å². The van der Waals surface area contributed by atoms with Gasteiger partial charge in [-0.25, -0.2) is 4.68 Å². The van der Waals surface area contributed by atoms with Gasteiger partial charge in [-0.1, -0.05) is 18.2 Å². The lowest BCUT2D eigenvalue weighted by Gasteiger charge is -2.25. The van der Waals surface area contributed by atoms with E-state index < -0.39 is 23.3 Å². The summed E-state index contributed by atoms with van der Waals surface area (Å²) in [4.78, 5) is 27.8. The summed E-state index contributed by atoms with van der Waals surface area (Å²) < 4.78 is 41.0. The highest BCUT2D eigenvalue weighted by molar-refractivity contribution is 6.04. The Hall–Kier alpha value is -4.95. The number of aromatic nitrogens is 2. The van der Waals surface area contributed by atoms with Gasteiger partial charge in [0, 0.05) is 36.4 Å². The Kier molecular flexibility index (Phi) is 7.59. The number of nitriles is 1. The second-order valence-corrected chi connectivity index (χ2v) is 9.78. The van der Waals surface area contributed by atoms with E-state index in [-0.39, 0.29) is 23.7 Å². The molecule has 3 aromatic carbocycles. The number of rotatable bonds is 6. The molecule has 0 fully saturated rings. The minimum Gasteiger partial charge on any atom is -0.348 e. The molecule has 208 valence electrons. The molecule has 2 heterocycles. The van der Waals surface area contributed by atoms with Crippen molar-refractivity contribution >= 4 is 17.5 Å². The predicted molar refractivity (Wildman–Crippen MR) is 145 cm³/mol. The Morgan fingerprint density at radius 3 is 2.51 bits per heavy atom. The van der Waals surface area contributed by atoms with Crippen LogP contribution in [0, 0.1) is 11.3 Å². The summed E-state index contributed by atoms with van der Waals surface area (Å²) in [5.74, 6) is -0.714. The number of hydrogen-bond acceptors (Lipinski definition) is 5. The third-order valence-corrected chi connectivity index (χ3v) is 6.84. The molecule has 0 aliphatic carbocycles. The lowest BCUT2D eigenvalue weighted by Crippen LogP contribution is -2.26. The summed E-state index contributed by atoms with van der Waals surface area (Å²) in [6.45, 7) is 1.97. The van der Waals surface area contributed by atoms with Crippen molar-refractivity contribution in [2.75, 3.05) is 18.9 Å². The molecule has 11 heteroatoms. The van der Waals surface area contributed by atoms with E-state index in [2.05, 4.69) is 27.7 Å². The van der Waals surface area contributed by atoms with E-state index in [4.69, 9.17) is 5.26 Å². The van der Waals surface area contributed by atoms with Crippen LogP contribution in [0.15, 0.2) is 72.9 Å². The molecular formula is C30H25F3N6O2. The van der Waals surface area contributed by atoms with Crippen molar-refractivity contribution in [3.05, 3.63) is 112 Å². The zero-order valence-electron chi connectivity index (χ0n) is 22.0. The number of nitrogens with one attached hydrogen (secondary N) is 2. The normalized spacial score (nSPS) is 13.2. The van der Waals surface area contributed by atoms with Gasteiger partial charge in [-0.05, 0) is 78.7 Å². The molecule has 0 saturated heterocycles. The molecule has 0 bridgehead atoms. The quantitative estimate of drug-likeness (QED) is 0.349. The third-order valence-electron chi connectivity index (χ3n) is 6.84. The summed E-state index contributed by atoms with van der Waals surface area (Å²) in [7, 11) is 2.06. The number of fused-ring (bicyclic) bond motifs is 1. The van der Waals surface area contributed by atoms with Crippen molar-refractivity contribution in [2.45, 2.75) is 25.7 Å². The van der Waals surface area contributed by atoms with Crippen molar-refractivity contribution in [1.29, 1.82) is 5.26 Å². The molecule has 5 rings (SSSR count). The fourth-order valence-electron chi connectivity index (χ4n) is 4.74. The number of amides is 2. The van der Waals surface area contributed by atoms with E-state index in [1.807, 2.05) is 18.2 Å². The number of likely N-dealkylation sites (N-methyl/N-ethyl adjacent to an activating group) is 1. The SMILES string of the molecule is CN1CCc2ccc(NC(=O)c3cccc(CNC(=O)c4ccc(-n5ncc(C#N)c5C(F)(F)F)cc4)c3)cc2C1. The number of hydrogen-bond donors (Lipinski definition) is 2. The first-order chi connectivity index (χ1) is 19.6. The number of anilines is 1. The van der Waals surface area contributed by atoms with Crippen molar-refractivity contribution in [1.82, 2.24) is 20.0 Å².